The normalized spacial score (nSPS) is 12.6. The zero-order chi connectivity index (χ0) is 37.6. The molecule has 1 aliphatic rings. The predicted octanol–water partition coefficient (Wildman–Crippen LogP) is 15.3. The first-order chi connectivity index (χ1) is 27.6. The highest BCUT2D eigenvalue weighted by molar-refractivity contribution is 6.01. The summed E-state index contributed by atoms with van der Waals surface area (Å²) in [5, 5.41) is 2.50. The van der Waals surface area contributed by atoms with Gasteiger partial charge in [-0.15, -0.1) is 0 Å². The highest BCUT2D eigenvalue weighted by Crippen LogP contribution is 2.55. The van der Waals surface area contributed by atoms with Crippen LogP contribution < -0.4 is 4.90 Å². The number of benzene rings is 9. The second-order valence-electron chi connectivity index (χ2n) is 15.3. The van der Waals surface area contributed by atoms with Gasteiger partial charge in [0.05, 0.1) is 11.4 Å². The van der Waals surface area contributed by atoms with E-state index in [9.17, 15) is 0 Å². The Labute approximate surface area is 329 Å². The van der Waals surface area contributed by atoms with Crippen LogP contribution >= 0.6 is 0 Å². The Morgan fingerprint density at radius 3 is 1.59 bits per heavy atom. The maximum atomic E-state index is 2.50. The summed E-state index contributed by atoms with van der Waals surface area (Å²) in [7, 11) is 0. The standard InChI is InChI=1S/C55H41N/c1-55(2)50-27-14-12-26-49(50)54-51(55)28-16-30-53(54)56(43-35-33-39(34-36-43)42-32-31-38-17-6-7-20-41(38)37-42)52-29-15-13-25-48(52)47-24-11-10-23-46(47)45-22-9-8-21-44(45)40-18-4-3-5-19-40/h3-37H,1-2H3. The minimum absolute atomic E-state index is 0.124. The Morgan fingerprint density at radius 2 is 0.839 bits per heavy atom. The molecule has 0 radical (unpaired) electrons. The quantitative estimate of drug-likeness (QED) is 0.159. The molecule has 0 bridgehead atoms. The zero-order valence-electron chi connectivity index (χ0n) is 31.7. The number of fused-ring (bicyclic) bond motifs is 4. The van der Waals surface area contributed by atoms with Crippen LogP contribution in [0.5, 0.6) is 0 Å². The fourth-order valence-electron chi connectivity index (χ4n) is 8.94. The fourth-order valence-corrected chi connectivity index (χ4v) is 8.94. The van der Waals surface area contributed by atoms with Gasteiger partial charge in [-0.05, 0) is 96.7 Å². The van der Waals surface area contributed by atoms with Gasteiger partial charge in [0.1, 0.15) is 0 Å². The second-order valence-corrected chi connectivity index (χ2v) is 15.3. The maximum Gasteiger partial charge on any atom is 0.0543 e. The van der Waals surface area contributed by atoms with Crippen LogP contribution in [0.3, 0.4) is 0 Å². The van der Waals surface area contributed by atoms with E-state index in [2.05, 4.69) is 231 Å². The molecule has 0 aliphatic heterocycles. The number of hydrogen-bond acceptors (Lipinski definition) is 1. The van der Waals surface area contributed by atoms with Gasteiger partial charge in [-0.2, -0.15) is 0 Å². The van der Waals surface area contributed by atoms with Crippen molar-refractivity contribution >= 4 is 27.8 Å². The summed E-state index contributed by atoms with van der Waals surface area (Å²) in [6, 6.07) is 77.6. The number of anilines is 3. The molecular formula is C55H41N. The lowest BCUT2D eigenvalue weighted by atomic mass is 9.82. The van der Waals surface area contributed by atoms with Crippen molar-refractivity contribution in [3.8, 4) is 55.6 Å². The van der Waals surface area contributed by atoms with Gasteiger partial charge >= 0.3 is 0 Å². The number of hydrogen-bond donors (Lipinski definition) is 0. The Hall–Kier alpha value is -6.96. The van der Waals surface area contributed by atoms with Crippen molar-refractivity contribution in [1.82, 2.24) is 0 Å². The third-order valence-electron chi connectivity index (χ3n) is 11.7. The molecular weight excluding hydrogens is 675 g/mol. The number of nitrogens with zero attached hydrogens (tertiary/aromatic N) is 1. The van der Waals surface area contributed by atoms with E-state index in [4.69, 9.17) is 0 Å². The Bertz CT molecular complexity index is 2880. The average Bonchev–Trinajstić information content (AvgIpc) is 3.50. The monoisotopic (exact) mass is 715 g/mol. The first kappa shape index (κ1) is 33.6. The molecule has 0 heterocycles. The molecule has 0 unspecified atom stereocenters. The average molecular weight is 716 g/mol. The van der Waals surface area contributed by atoms with Gasteiger partial charge in [-0.3, -0.25) is 0 Å². The van der Waals surface area contributed by atoms with Crippen molar-refractivity contribution in [2.45, 2.75) is 19.3 Å². The van der Waals surface area contributed by atoms with E-state index in [0.717, 1.165) is 11.4 Å². The minimum Gasteiger partial charge on any atom is -0.309 e. The first-order valence-electron chi connectivity index (χ1n) is 19.5. The first-order valence-corrected chi connectivity index (χ1v) is 19.5. The van der Waals surface area contributed by atoms with Crippen LogP contribution in [-0.2, 0) is 5.41 Å². The van der Waals surface area contributed by atoms with E-state index >= 15 is 0 Å². The lowest BCUT2D eigenvalue weighted by molar-refractivity contribution is 0.660. The van der Waals surface area contributed by atoms with Crippen LogP contribution in [0.25, 0.3) is 66.4 Å². The molecule has 0 saturated heterocycles. The Morgan fingerprint density at radius 1 is 0.321 bits per heavy atom. The Balaban J connectivity index is 1.19. The fraction of sp³-hybridized carbons (Fsp3) is 0.0545. The third-order valence-corrected chi connectivity index (χ3v) is 11.7. The minimum atomic E-state index is -0.124. The molecule has 266 valence electrons. The van der Waals surface area contributed by atoms with Crippen LogP contribution in [0.15, 0.2) is 212 Å². The molecule has 0 saturated carbocycles. The molecule has 0 N–H and O–H groups in total. The maximum absolute atomic E-state index is 2.50. The highest BCUT2D eigenvalue weighted by Gasteiger charge is 2.38. The third kappa shape index (κ3) is 5.63. The van der Waals surface area contributed by atoms with E-state index in [1.54, 1.807) is 0 Å². The van der Waals surface area contributed by atoms with Gasteiger partial charge in [0.15, 0.2) is 0 Å². The van der Waals surface area contributed by atoms with Crippen molar-refractivity contribution < 1.29 is 0 Å². The lowest BCUT2D eigenvalue weighted by Crippen LogP contribution is -2.16. The van der Waals surface area contributed by atoms with Crippen molar-refractivity contribution in [3.05, 3.63) is 223 Å². The SMILES string of the molecule is CC1(C)c2ccccc2-c2c(N(c3ccc(-c4ccc5ccccc5c4)cc3)c3ccccc3-c3ccccc3-c3ccccc3-c3ccccc3)cccc21. The summed E-state index contributed by atoms with van der Waals surface area (Å²) in [6.07, 6.45) is 0. The van der Waals surface area contributed by atoms with E-state index in [-0.39, 0.29) is 5.41 Å². The van der Waals surface area contributed by atoms with E-state index in [1.807, 2.05) is 0 Å². The summed E-state index contributed by atoms with van der Waals surface area (Å²) >= 11 is 0. The summed E-state index contributed by atoms with van der Waals surface area (Å²) in [4.78, 5) is 2.50. The van der Waals surface area contributed by atoms with Crippen molar-refractivity contribution in [2.24, 2.45) is 0 Å². The zero-order valence-corrected chi connectivity index (χ0v) is 31.7. The number of rotatable bonds is 7. The van der Waals surface area contributed by atoms with Crippen LogP contribution in [-0.4, -0.2) is 0 Å². The van der Waals surface area contributed by atoms with Crippen molar-refractivity contribution in [2.75, 3.05) is 4.90 Å². The summed E-state index contributed by atoms with van der Waals surface area (Å²) in [5.74, 6) is 0. The molecule has 0 aromatic heterocycles. The largest absolute Gasteiger partial charge is 0.309 e. The van der Waals surface area contributed by atoms with Gasteiger partial charge in [-0.25, -0.2) is 0 Å². The van der Waals surface area contributed by atoms with E-state index in [0.29, 0.717) is 0 Å². The highest BCUT2D eigenvalue weighted by atomic mass is 15.1. The summed E-state index contributed by atoms with van der Waals surface area (Å²) in [5.41, 5.74) is 18.2. The second kappa shape index (κ2) is 13.7. The summed E-state index contributed by atoms with van der Waals surface area (Å²) in [6.45, 7) is 4.72. The van der Waals surface area contributed by atoms with Gasteiger partial charge in [0, 0.05) is 22.2 Å². The summed E-state index contributed by atoms with van der Waals surface area (Å²) < 4.78 is 0. The van der Waals surface area contributed by atoms with E-state index in [1.165, 1.54) is 83.2 Å². The van der Waals surface area contributed by atoms with Crippen molar-refractivity contribution in [1.29, 1.82) is 0 Å². The predicted molar refractivity (Wildman–Crippen MR) is 238 cm³/mol. The smallest absolute Gasteiger partial charge is 0.0543 e. The molecule has 1 aliphatic carbocycles. The molecule has 10 rings (SSSR count). The van der Waals surface area contributed by atoms with Gasteiger partial charge in [0.2, 0.25) is 0 Å². The molecule has 56 heavy (non-hydrogen) atoms. The Kier molecular flexibility index (Phi) is 8.23. The van der Waals surface area contributed by atoms with Gasteiger partial charge in [0.25, 0.3) is 0 Å². The van der Waals surface area contributed by atoms with Gasteiger partial charge in [-0.1, -0.05) is 196 Å². The molecule has 0 spiro atoms. The molecule has 9 aromatic carbocycles. The molecule has 0 fully saturated rings. The van der Waals surface area contributed by atoms with E-state index < -0.39 is 0 Å². The molecule has 1 heteroatoms. The lowest BCUT2D eigenvalue weighted by Gasteiger charge is -2.31. The van der Waals surface area contributed by atoms with Gasteiger partial charge < -0.3 is 4.90 Å². The molecule has 9 aromatic rings. The van der Waals surface area contributed by atoms with Crippen LogP contribution in [0, 0.1) is 0 Å². The molecule has 0 atom stereocenters. The number of para-hydroxylation sites is 1. The molecule has 0 amide bonds. The van der Waals surface area contributed by atoms with Crippen molar-refractivity contribution in [3.63, 3.8) is 0 Å². The van der Waals surface area contributed by atoms with Crippen LogP contribution in [0.4, 0.5) is 17.1 Å². The van der Waals surface area contributed by atoms with Crippen LogP contribution in [0.1, 0.15) is 25.0 Å². The van der Waals surface area contributed by atoms with Crippen LogP contribution in [0.2, 0.25) is 0 Å². The topological polar surface area (TPSA) is 3.24 Å². The molecule has 1 nitrogen and oxygen atoms in total.